The molecule has 3 nitrogen and oxygen atoms in total. The first-order valence-corrected chi connectivity index (χ1v) is 5.32. The molecule has 2 aromatic heterocycles. The predicted molar refractivity (Wildman–Crippen MR) is 60.2 cm³/mol. The number of nitrogens with one attached hydrogen (secondary N) is 1. The summed E-state index contributed by atoms with van der Waals surface area (Å²) in [6.45, 7) is 2.09. The summed E-state index contributed by atoms with van der Waals surface area (Å²) >= 11 is 5.90. The second kappa shape index (κ2) is 3.43. The van der Waals surface area contributed by atoms with Crippen LogP contribution in [0.3, 0.4) is 0 Å². The summed E-state index contributed by atoms with van der Waals surface area (Å²) in [6, 6.07) is 4.04. The Kier molecular flexibility index (Phi) is 2.08. The molecule has 1 fully saturated rings. The van der Waals surface area contributed by atoms with Gasteiger partial charge >= 0.3 is 0 Å². The van der Waals surface area contributed by atoms with Crippen LogP contribution in [0.5, 0.6) is 0 Å². The lowest BCUT2D eigenvalue weighted by Crippen LogP contribution is -2.39. The molecule has 0 atom stereocenters. The zero-order valence-corrected chi connectivity index (χ0v) is 8.83. The average molecular weight is 220 g/mol. The van der Waals surface area contributed by atoms with Crippen molar-refractivity contribution in [2.75, 3.05) is 13.1 Å². The van der Waals surface area contributed by atoms with Crippen LogP contribution in [0.4, 0.5) is 0 Å². The van der Waals surface area contributed by atoms with Crippen molar-refractivity contribution in [1.82, 2.24) is 15.3 Å². The maximum atomic E-state index is 5.90. The highest BCUT2D eigenvalue weighted by molar-refractivity contribution is 6.31. The van der Waals surface area contributed by atoms with Gasteiger partial charge in [-0.25, -0.2) is 9.97 Å². The molecule has 3 heterocycles. The van der Waals surface area contributed by atoms with Crippen molar-refractivity contribution < 1.29 is 0 Å². The number of hydrogen-bond donors (Lipinski definition) is 1. The Balaban J connectivity index is 2.11. The van der Waals surface area contributed by atoms with Gasteiger partial charge in [0.05, 0.1) is 5.02 Å². The molecule has 0 bridgehead atoms. The first kappa shape index (κ1) is 9.07. The highest BCUT2D eigenvalue weighted by Crippen LogP contribution is 2.23. The third-order valence-electron chi connectivity index (χ3n) is 2.77. The SMILES string of the molecule is Clc1cnc2ncc(C3CNC3)cc2c1. The van der Waals surface area contributed by atoms with Gasteiger partial charge in [-0.05, 0) is 17.7 Å². The molecule has 1 N–H and O–H groups in total. The van der Waals surface area contributed by atoms with Gasteiger partial charge in [0, 0.05) is 36.8 Å². The number of fused-ring (bicyclic) bond motifs is 1. The maximum Gasteiger partial charge on any atom is 0.159 e. The molecule has 2 aromatic rings. The first-order valence-electron chi connectivity index (χ1n) is 4.95. The van der Waals surface area contributed by atoms with E-state index in [1.54, 1.807) is 6.20 Å². The summed E-state index contributed by atoms with van der Waals surface area (Å²) < 4.78 is 0. The van der Waals surface area contributed by atoms with Crippen molar-refractivity contribution in [2.24, 2.45) is 0 Å². The van der Waals surface area contributed by atoms with Gasteiger partial charge in [-0.1, -0.05) is 11.6 Å². The Labute approximate surface area is 92.5 Å². The van der Waals surface area contributed by atoms with E-state index in [4.69, 9.17) is 11.6 Å². The highest BCUT2D eigenvalue weighted by Gasteiger charge is 2.19. The lowest BCUT2D eigenvalue weighted by Gasteiger charge is -2.27. The van der Waals surface area contributed by atoms with Crippen molar-refractivity contribution in [3.05, 3.63) is 35.1 Å². The van der Waals surface area contributed by atoms with E-state index in [1.165, 1.54) is 5.56 Å². The van der Waals surface area contributed by atoms with Gasteiger partial charge in [-0.2, -0.15) is 0 Å². The van der Waals surface area contributed by atoms with Crippen LogP contribution in [0.25, 0.3) is 11.0 Å². The van der Waals surface area contributed by atoms with Crippen LogP contribution in [-0.2, 0) is 0 Å². The van der Waals surface area contributed by atoms with E-state index in [0.717, 1.165) is 24.1 Å². The minimum absolute atomic E-state index is 0.598. The van der Waals surface area contributed by atoms with E-state index in [1.807, 2.05) is 12.3 Å². The van der Waals surface area contributed by atoms with E-state index in [0.29, 0.717) is 10.9 Å². The van der Waals surface area contributed by atoms with Gasteiger partial charge in [0.1, 0.15) is 0 Å². The molecule has 3 rings (SSSR count). The van der Waals surface area contributed by atoms with Gasteiger partial charge in [0.15, 0.2) is 5.65 Å². The van der Waals surface area contributed by atoms with E-state index in [2.05, 4.69) is 21.4 Å². The minimum Gasteiger partial charge on any atom is -0.315 e. The normalized spacial score (nSPS) is 16.6. The van der Waals surface area contributed by atoms with E-state index < -0.39 is 0 Å². The third kappa shape index (κ3) is 1.58. The minimum atomic E-state index is 0.598. The van der Waals surface area contributed by atoms with Crippen molar-refractivity contribution in [1.29, 1.82) is 0 Å². The molecular formula is C11H10ClN3. The fraction of sp³-hybridized carbons (Fsp3) is 0.273. The van der Waals surface area contributed by atoms with Crippen molar-refractivity contribution in [3.63, 3.8) is 0 Å². The fourth-order valence-electron chi connectivity index (χ4n) is 1.76. The molecule has 0 saturated carbocycles. The Morgan fingerprint density at radius 1 is 1.20 bits per heavy atom. The monoisotopic (exact) mass is 219 g/mol. The quantitative estimate of drug-likeness (QED) is 0.797. The molecule has 0 radical (unpaired) electrons. The lowest BCUT2D eigenvalue weighted by molar-refractivity contribution is 0.448. The number of aromatic nitrogens is 2. The molecule has 4 heteroatoms. The van der Waals surface area contributed by atoms with E-state index >= 15 is 0 Å². The summed E-state index contributed by atoms with van der Waals surface area (Å²) in [6.07, 6.45) is 3.54. The molecule has 1 aliphatic heterocycles. The van der Waals surface area contributed by atoms with Crippen LogP contribution >= 0.6 is 11.6 Å². The third-order valence-corrected chi connectivity index (χ3v) is 2.98. The molecule has 1 saturated heterocycles. The summed E-state index contributed by atoms with van der Waals surface area (Å²) in [7, 11) is 0. The summed E-state index contributed by atoms with van der Waals surface area (Å²) in [5, 5.41) is 4.93. The number of hydrogen-bond acceptors (Lipinski definition) is 3. The average Bonchev–Trinajstić information content (AvgIpc) is 2.14. The predicted octanol–water partition coefficient (Wildman–Crippen LogP) is 1.97. The lowest BCUT2D eigenvalue weighted by atomic mass is 9.95. The van der Waals surface area contributed by atoms with Gasteiger partial charge in [0.2, 0.25) is 0 Å². The van der Waals surface area contributed by atoms with Crippen molar-refractivity contribution in [2.45, 2.75) is 5.92 Å². The van der Waals surface area contributed by atoms with Gasteiger partial charge in [-0.3, -0.25) is 0 Å². The van der Waals surface area contributed by atoms with Gasteiger partial charge in [0.25, 0.3) is 0 Å². The molecule has 0 aromatic carbocycles. The van der Waals surface area contributed by atoms with Crippen molar-refractivity contribution in [3.8, 4) is 0 Å². The van der Waals surface area contributed by atoms with Gasteiger partial charge in [-0.15, -0.1) is 0 Å². The number of nitrogens with zero attached hydrogens (tertiary/aromatic N) is 2. The molecular weight excluding hydrogens is 210 g/mol. The molecule has 0 spiro atoms. The highest BCUT2D eigenvalue weighted by atomic mass is 35.5. The van der Waals surface area contributed by atoms with Crippen LogP contribution < -0.4 is 5.32 Å². The molecule has 76 valence electrons. The van der Waals surface area contributed by atoms with Crippen LogP contribution in [-0.4, -0.2) is 23.1 Å². The fourth-order valence-corrected chi connectivity index (χ4v) is 1.93. The summed E-state index contributed by atoms with van der Waals surface area (Å²) in [4.78, 5) is 8.49. The largest absolute Gasteiger partial charge is 0.315 e. The summed E-state index contributed by atoms with van der Waals surface area (Å²) in [5.74, 6) is 0.598. The second-order valence-corrected chi connectivity index (χ2v) is 4.26. The van der Waals surface area contributed by atoms with Crippen LogP contribution in [0.2, 0.25) is 5.02 Å². The zero-order valence-electron chi connectivity index (χ0n) is 8.07. The zero-order chi connectivity index (χ0) is 10.3. The van der Waals surface area contributed by atoms with E-state index in [-0.39, 0.29) is 0 Å². The molecule has 0 unspecified atom stereocenters. The van der Waals surface area contributed by atoms with E-state index in [9.17, 15) is 0 Å². The number of rotatable bonds is 1. The number of pyridine rings is 2. The Morgan fingerprint density at radius 2 is 2.00 bits per heavy atom. The van der Waals surface area contributed by atoms with Crippen LogP contribution in [0, 0.1) is 0 Å². The molecule has 15 heavy (non-hydrogen) atoms. The molecule has 0 amide bonds. The Bertz CT molecular complexity index is 508. The Morgan fingerprint density at radius 3 is 2.73 bits per heavy atom. The first-order chi connectivity index (χ1) is 7.33. The molecule has 1 aliphatic rings. The number of halogens is 1. The topological polar surface area (TPSA) is 37.8 Å². The van der Waals surface area contributed by atoms with Crippen LogP contribution in [0.1, 0.15) is 11.5 Å². The summed E-state index contributed by atoms with van der Waals surface area (Å²) in [5.41, 5.74) is 2.03. The van der Waals surface area contributed by atoms with Crippen LogP contribution in [0.15, 0.2) is 24.5 Å². The standard InChI is InChI=1S/C11H10ClN3/c12-10-2-7-1-8(9-3-13-4-9)5-14-11(7)15-6-10/h1-2,5-6,9,13H,3-4H2. The van der Waals surface area contributed by atoms with Gasteiger partial charge < -0.3 is 5.32 Å². The molecule has 0 aliphatic carbocycles. The smallest absolute Gasteiger partial charge is 0.159 e. The maximum absolute atomic E-state index is 5.90. The second-order valence-electron chi connectivity index (χ2n) is 3.82. The van der Waals surface area contributed by atoms with Crippen molar-refractivity contribution >= 4 is 22.6 Å². The Hall–Kier alpha value is -1.19.